The van der Waals surface area contributed by atoms with Gasteiger partial charge < -0.3 is 5.32 Å². The highest BCUT2D eigenvalue weighted by atomic mass is 14.9. The Morgan fingerprint density at radius 2 is 1.94 bits per heavy atom. The zero-order valence-corrected chi connectivity index (χ0v) is 12.5. The van der Waals surface area contributed by atoms with Gasteiger partial charge in [-0.3, -0.25) is 0 Å². The molecule has 0 bridgehead atoms. The molecule has 2 atom stereocenters. The lowest BCUT2D eigenvalue weighted by Gasteiger charge is -2.21. The van der Waals surface area contributed by atoms with E-state index in [1.54, 1.807) is 0 Å². The van der Waals surface area contributed by atoms with Crippen molar-refractivity contribution >= 4 is 0 Å². The van der Waals surface area contributed by atoms with E-state index in [2.05, 4.69) is 58.1 Å². The molecule has 2 unspecified atom stereocenters. The van der Waals surface area contributed by atoms with Crippen molar-refractivity contribution in [1.82, 2.24) is 5.32 Å². The maximum Gasteiger partial charge on any atom is 0.0354 e. The lowest BCUT2D eigenvalue weighted by atomic mass is 9.94. The molecule has 0 aliphatic heterocycles. The third-order valence-corrected chi connectivity index (χ3v) is 4.50. The first kappa shape index (κ1) is 13.6. The predicted molar refractivity (Wildman–Crippen MR) is 78.8 cm³/mol. The molecule has 1 heteroatoms. The van der Waals surface area contributed by atoms with Gasteiger partial charge in [0, 0.05) is 6.04 Å². The number of nitrogens with one attached hydrogen (secondary N) is 1. The van der Waals surface area contributed by atoms with Crippen molar-refractivity contribution in [2.45, 2.75) is 53.5 Å². The van der Waals surface area contributed by atoms with E-state index in [-0.39, 0.29) is 0 Å². The Morgan fingerprint density at radius 1 is 1.28 bits per heavy atom. The monoisotopic (exact) mass is 245 g/mol. The molecule has 0 amide bonds. The van der Waals surface area contributed by atoms with Gasteiger partial charge >= 0.3 is 0 Å². The largest absolute Gasteiger partial charge is 0.310 e. The summed E-state index contributed by atoms with van der Waals surface area (Å²) < 4.78 is 0. The normalized spacial score (nSPS) is 22.8. The molecule has 1 N–H and O–H groups in total. The summed E-state index contributed by atoms with van der Waals surface area (Å²) in [5.74, 6) is 0.797. The van der Waals surface area contributed by atoms with Gasteiger partial charge in [0.05, 0.1) is 0 Å². The van der Waals surface area contributed by atoms with Gasteiger partial charge in [0.15, 0.2) is 0 Å². The second kappa shape index (κ2) is 5.05. The lowest BCUT2D eigenvalue weighted by Crippen LogP contribution is -2.25. The first-order valence-electron chi connectivity index (χ1n) is 7.26. The van der Waals surface area contributed by atoms with Crippen LogP contribution in [0.25, 0.3) is 0 Å². The Balaban J connectivity index is 2.20. The van der Waals surface area contributed by atoms with Gasteiger partial charge in [-0.15, -0.1) is 0 Å². The topological polar surface area (TPSA) is 12.0 Å². The molecule has 1 aliphatic carbocycles. The van der Waals surface area contributed by atoms with Crippen molar-refractivity contribution in [3.05, 3.63) is 34.9 Å². The number of rotatable bonds is 5. The van der Waals surface area contributed by atoms with Crippen LogP contribution >= 0.6 is 0 Å². The third kappa shape index (κ3) is 2.77. The maximum atomic E-state index is 3.75. The van der Waals surface area contributed by atoms with Crippen LogP contribution < -0.4 is 5.32 Å². The Bertz CT molecular complexity index is 420. The van der Waals surface area contributed by atoms with Gasteiger partial charge in [0.25, 0.3) is 0 Å². The Morgan fingerprint density at radius 3 is 2.44 bits per heavy atom. The van der Waals surface area contributed by atoms with Gasteiger partial charge in [-0.25, -0.2) is 0 Å². The highest BCUT2D eigenvalue weighted by Crippen LogP contribution is 2.57. The molecular formula is C17H27N. The van der Waals surface area contributed by atoms with Crippen LogP contribution in [0, 0.1) is 25.2 Å². The Kier molecular flexibility index (Phi) is 3.82. The first-order chi connectivity index (χ1) is 8.45. The summed E-state index contributed by atoms with van der Waals surface area (Å²) in [6.45, 7) is 12.5. The standard InChI is InChI=1S/C17H27N/c1-6-9-18-16(15-11-17(15,4)5)14-8-7-12(2)13(3)10-14/h7-8,10,15-16,18H,6,9,11H2,1-5H3. The lowest BCUT2D eigenvalue weighted by molar-refractivity contribution is 0.415. The molecular weight excluding hydrogens is 218 g/mol. The van der Waals surface area contributed by atoms with E-state index in [4.69, 9.17) is 0 Å². The highest BCUT2D eigenvalue weighted by molar-refractivity contribution is 5.33. The van der Waals surface area contributed by atoms with Crippen LogP contribution in [0.1, 0.15) is 56.3 Å². The fourth-order valence-corrected chi connectivity index (χ4v) is 2.83. The first-order valence-corrected chi connectivity index (χ1v) is 7.26. The van der Waals surface area contributed by atoms with Gasteiger partial charge in [0.1, 0.15) is 0 Å². The van der Waals surface area contributed by atoms with Crippen molar-refractivity contribution in [3.8, 4) is 0 Å². The highest BCUT2D eigenvalue weighted by Gasteiger charge is 2.50. The van der Waals surface area contributed by atoms with Crippen molar-refractivity contribution in [3.63, 3.8) is 0 Å². The number of benzene rings is 1. The summed E-state index contributed by atoms with van der Waals surface area (Å²) in [6.07, 6.45) is 2.55. The molecule has 0 heterocycles. The molecule has 0 spiro atoms. The van der Waals surface area contributed by atoms with E-state index in [9.17, 15) is 0 Å². The summed E-state index contributed by atoms with van der Waals surface area (Å²) in [7, 11) is 0. The van der Waals surface area contributed by atoms with Crippen molar-refractivity contribution in [2.24, 2.45) is 11.3 Å². The van der Waals surface area contributed by atoms with E-state index in [0.717, 1.165) is 12.5 Å². The molecule has 1 nitrogen and oxygen atoms in total. The molecule has 0 radical (unpaired) electrons. The summed E-state index contributed by atoms with van der Waals surface area (Å²) in [6, 6.07) is 7.49. The SMILES string of the molecule is CCCNC(c1ccc(C)c(C)c1)C1CC1(C)C. The van der Waals surface area contributed by atoms with Gasteiger partial charge in [-0.2, -0.15) is 0 Å². The fourth-order valence-electron chi connectivity index (χ4n) is 2.83. The minimum Gasteiger partial charge on any atom is -0.310 e. The van der Waals surface area contributed by atoms with Gasteiger partial charge in [-0.1, -0.05) is 39.0 Å². The molecule has 0 saturated heterocycles. The van der Waals surface area contributed by atoms with E-state index >= 15 is 0 Å². The minimum absolute atomic E-state index is 0.518. The molecule has 1 aromatic rings. The third-order valence-electron chi connectivity index (χ3n) is 4.50. The number of aryl methyl sites for hydroxylation is 2. The van der Waals surface area contributed by atoms with Gasteiger partial charge in [0.2, 0.25) is 0 Å². The van der Waals surface area contributed by atoms with Gasteiger partial charge in [-0.05, 0) is 61.3 Å². The average molecular weight is 245 g/mol. The average Bonchev–Trinajstić information content (AvgIpc) is 2.93. The molecule has 0 aromatic heterocycles. The van der Waals surface area contributed by atoms with Crippen LogP contribution in [0.5, 0.6) is 0 Å². The summed E-state index contributed by atoms with van der Waals surface area (Å²) in [5, 5.41) is 3.75. The number of hydrogen-bond acceptors (Lipinski definition) is 1. The maximum absolute atomic E-state index is 3.75. The molecule has 1 aromatic carbocycles. The summed E-state index contributed by atoms with van der Waals surface area (Å²) in [4.78, 5) is 0. The van der Waals surface area contributed by atoms with E-state index in [1.165, 1.54) is 29.5 Å². The molecule has 1 fully saturated rings. The zero-order valence-electron chi connectivity index (χ0n) is 12.5. The van der Waals surface area contributed by atoms with Crippen LogP contribution in [-0.2, 0) is 0 Å². The molecule has 18 heavy (non-hydrogen) atoms. The zero-order chi connectivity index (χ0) is 13.3. The second-order valence-electron chi connectivity index (χ2n) is 6.57. The number of hydrogen-bond donors (Lipinski definition) is 1. The van der Waals surface area contributed by atoms with Crippen molar-refractivity contribution in [2.75, 3.05) is 6.54 Å². The van der Waals surface area contributed by atoms with Crippen LogP contribution in [-0.4, -0.2) is 6.54 Å². The van der Waals surface area contributed by atoms with E-state index in [1.807, 2.05) is 0 Å². The summed E-state index contributed by atoms with van der Waals surface area (Å²) in [5.41, 5.74) is 4.80. The van der Waals surface area contributed by atoms with Crippen molar-refractivity contribution in [1.29, 1.82) is 0 Å². The molecule has 1 aliphatic rings. The smallest absolute Gasteiger partial charge is 0.0354 e. The fraction of sp³-hybridized carbons (Fsp3) is 0.647. The summed E-state index contributed by atoms with van der Waals surface area (Å²) >= 11 is 0. The van der Waals surface area contributed by atoms with Crippen LogP contribution in [0.4, 0.5) is 0 Å². The second-order valence-corrected chi connectivity index (χ2v) is 6.57. The van der Waals surface area contributed by atoms with Crippen LogP contribution in [0.15, 0.2) is 18.2 Å². The van der Waals surface area contributed by atoms with E-state index < -0.39 is 0 Å². The minimum atomic E-state index is 0.518. The quantitative estimate of drug-likeness (QED) is 0.811. The molecule has 100 valence electrons. The Hall–Kier alpha value is -0.820. The molecule has 1 saturated carbocycles. The van der Waals surface area contributed by atoms with E-state index in [0.29, 0.717) is 11.5 Å². The van der Waals surface area contributed by atoms with Crippen LogP contribution in [0.2, 0.25) is 0 Å². The van der Waals surface area contributed by atoms with Crippen LogP contribution in [0.3, 0.4) is 0 Å². The van der Waals surface area contributed by atoms with Crippen molar-refractivity contribution < 1.29 is 0 Å². The Labute approximate surface area is 112 Å². The molecule has 2 rings (SSSR count). The predicted octanol–water partition coefficient (Wildman–Crippen LogP) is 4.39.